The fourth-order valence-corrected chi connectivity index (χ4v) is 0.740. The highest BCUT2D eigenvalue weighted by atomic mass is 16.4. The van der Waals surface area contributed by atoms with E-state index in [2.05, 4.69) is 0 Å². The third-order valence-corrected chi connectivity index (χ3v) is 1.42. The molecule has 0 aromatic rings. The number of carboxylic acid groups (broad SMARTS) is 2. The number of carbonyl (C=O) groups excluding carboxylic acids is 2. The van der Waals surface area contributed by atoms with Crippen molar-refractivity contribution in [2.45, 2.75) is 26.2 Å². The average Bonchev–Trinajstić information content (AvgIpc) is 1.87. The standard InChI is InChI=1S/C7H12O4.2H3N/c1-2-3-4-5(6(8)9)7(10)11;;/h5H,2-4H2,1H3,(H,8,9)(H,10,11);2*1H3. The summed E-state index contributed by atoms with van der Waals surface area (Å²) in [6.45, 7) is 1.85. The van der Waals surface area contributed by atoms with Gasteiger partial charge >= 0.3 is 0 Å². The number of quaternary nitrogens is 2. The summed E-state index contributed by atoms with van der Waals surface area (Å²) in [5.41, 5.74) is 0. The van der Waals surface area contributed by atoms with Crippen LogP contribution in [-0.2, 0) is 9.59 Å². The van der Waals surface area contributed by atoms with Gasteiger partial charge in [-0.2, -0.15) is 0 Å². The molecule has 8 N–H and O–H groups in total. The molecule has 0 bridgehead atoms. The highest BCUT2D eigenvalue weighted by molar-refractivity contribution is 5.90. The monoisotopic (exact) mass is 194 g/mol. The summed E-state index contributed by atoms with van der Waals surface area (Å²) < 4.78 is 0. The number of carbonyl (C=O) groups is 2. The van der Waals surface area contributed by atoms with Crippen LogP contribution in [0.25, 0.3) is 0 Å². The van der Waals surface area contributed by atoms with Crippen LogP contribution < -0.4 is 22.5 Å². The molecule has 0 amide bonds. The van der Waals surface area contributed by atoms with E-state index in [1.165, 1.54) is 0 Å². The Balaban J connectivity index is -0.000000500. The maximum atomic E-state index is 10.1. The molecule has 0 aliphatic carbocycles. The Labute approximate surface area is 77.1 Å². The van der Waals surface area contributed by atoms with Gasteiger partial charge in [-0.3, -0.25) is 0 Å². The fourth-order valence-electron chi connectivity index (χ4n) is 0.740. The van der Waals surface area contributed by atoms with Gasteiger partial charge in [-0.05, 0) is 6.42 Å². The first-order valence-electron chi connectivity index (χ1n) is 3.51. The Kier molecular flexibility index (Phi) is 12.3. The third-order valence-electron chi connectivity index (χ3n) is 1.42. The van der Waals surface area contributed by atoms with Gasteiger partial charge in [0.1, 0.15) is 0 Å². The van der Waals surface area contributed by atoms with Crippen LogP contribution in [0.1, 0.15) is 26.2 Å². The minimum Gasteiger partial charge on any atom is -0.549 e. The van der Waals surface area contributed by atoms with Crippen molar-refractivity contribution in [1.29, 1.82) is 0 Å². The van der Waals surface area contributed by atoms with Crippen LogP contribution in [0.2, 0.25) is 0 Å². The molecule has 0 fully saturated rings. The lowest BCUT2D eigenvalue weighted by atomic mass is 10.0. The predicted octanol–water partition coefficient (Wildman–Crippen LogP) is -0.955. The molecule has 6 nitrogen and oxygen atoms in total. The van der Waals surface area contributed by atoms with Crippen LogP contribution in [0, 0.1) is 5.92 Å². The summed E-state index contributed by atoms with van der Waals surface area (Å²) >= 11 is 0. The van der Waals surface area contributed by atoms with E-state index < -0.39 is 17.9 Å². The second-order valence-corrected chi connectivity index (χ2v) is 2.33. The SMILES string of the molecule is CCCCC(C(=O)[O-])C(=O)[O-].[NH4+].[NH4+]. The molecule has 0 spiro atoms. The largest absolute Gasteiger partial charge is 0.549 e. The molecule has 0 saturated heterocycles. The Morgan fingerprint density at radius 2 is 1.54 bits per heavy atom. The average molecular weight is 194 g/mol. The molecule has 0 aromatic heterocycles. The molecule has 0 radical (unpaired) electrons. The van der Waals surface area contributed by atoms with Crippen LogP contribution in [-0.4, -0.2) is 11.9 Å². The second kappa shape index (κ2) is 8.95. The normalized spacial score (nSPS) is 8.46. The van der Waals surface area contributed by atoms with E-state index in [0.29, 0.717) is 6.42 Å². The van der Waals surface area contributed by atoms with Crippen molar-refractivity contribution in [3.05, 3.63) is 0 Å². The number of aliphatic carboxylic acids is 2. The molecule has 13 heavy (non-hydrogen) atoms. The summed E-state index contributed by atoms with van der Waals surface area (Å²) in [4.78, 5) is 20.2. The molecule has 0 aromatic carbocycles. The first-order valence-corrected chi connectivity index (χ1v) is 3.51. The number of carboxylic acids is 2. The van der Waals surface area contributed by atoms with Gasteiger partial charge in [-0.1, -0.05) is 19.8 Å². The molecular formula is C7H18N2O4. The van der Waals surface area contributed by atoms with Crippen molar-refractivity contribution >= 4 is 11.9 Å². The van der Waals surface area contributed by atoms with E-state index in [4.69, 9.17) is 0 Å². The van der Waals surface area contributed by atoms with Crippen molar-refractivity contribution in [2.24, 2.45) is 5.92 Å². The Morgan fingerprint density at radius 1 is 1.15 bits per heavy atom. The molecule has 0 saturated carbocycles. The Hall–Kier alpha value is -1.14. The summed E-state index contributed by atoms with van der Waals surface area (Å²) in [6.07, 6.45) is 1.42. The van der Waals surface area contributed by atoms with Gasteiger partial charge in [0, 0.05) is 5.92 Å². The zero-order valence-electron chi connectivity index (χ0n) is 8.33. The van der Waals surface area contributed by atoms with Gasteiger partial charge in [0.25, 0.3) is 0 Å². The van der Waals surface area contributed by atoms with Crippen molar-refractivity contribution < 1.29 is 19.8 Å². The molecule has 0 aliphatic rings. The molecular weight excluding hydrogens is 176 g/mol. The van der Waals surface area contributed by atoms with Crippen LogP contribution in [0.3, 0.4) is 0 Å². The van der Waals surface area contributed by atoms with Crippen molar-refractivity contribution in [2.75, 3.05) is 0 Å². The maximum Gasteiger partial charge on any atom is 0.0501 e. The molecule has 6 heteroatoms. The lowest BCUT2D eigenvalue weighted by Gasteiger charge is -2.17. The molecule has 0 heterocycles. The van der Waals surface area contributed by atoms with E-state index in [0.717, 1.165) is 6.42 Å². The fraction of sp³-hybridized carbons (Fsp3) is 0.714. The van der Waals surface area contributed by atoms with Gasteiger partial charge in [0.2, 0.25) is 0 Å². The topological polar surface area (TPSA) is 153 Å². The lowest BCUT2D eigenvalue weighted by Crippen LogP contribution is -2.43. The van der Waals surface area contributed by atoms with Gasteiger partial charge in [0.05, 0.1) is 11.9 Å². The first-order chi connectivity index (χ1) is 5.09. The molecule has 0 rings (SSSR count). The van der Waals surface area contributed by atoms with E-state index in [-0.39, 0.29) is 18.7 Å². The third kappa shape index (κ3) is 7.23. The highest BCUT2D eigenvalue weighted by Gasteiger charge is 2.09. The smallest absolute Gasteiger partial charge is 0.0501 e. The van der Waals surface area contributed by atoms with Gasteiger partial charge in [0.15, 0.2) is 0 Å². The molecule has 0 aliphatic heterocycles. The van der Waals surface area contributed by atoms with E-state index >= 15 is 0 Å². The van der Waals surface area contributed by atoms with E-state index in [1.54, 1.807) is 0 Å². The predicted molar refractivity (Wildman–Crippen MR) is 45.0 cm³/mol. The van der Waals surface area contributed by atoms with E-state index in [9.17, 15) is 19.8 Å². The maximum absolute atomic E-state index is 10.1. The highest BCUT2D eigenvalue weighted by Crippen LogP contribution is 2.06. The van der Waals surface area contributed by atoms with Crippen LogP contribution in [0.15, 0.2) is 0 Å². The zero-order chi connectivity index (χ0) is 8.85. The van der Waals surface area contributed by atoms with Gasteiger partial charge in [-0.25, -0.2) is 0 Å². The molecule has 80 valence electrons. The second-order valence-electron chi connectivity index (χ2n) is 2.33. The summed E-state index contributed by atoms with van der Waals surface area (Å²) in [7, 11) is 0. The van der Waals surface area contributed by atoms with Crippen molar-refractivity contribution in [3.63, 3.8) is 0 Å². The van der Waals surface area contributed by atoms with Crippen molar-refractivity contribution in [3.8, 4) is 0 Å². The Morgan fingerprint density at radius 3 is 1.77 bits per heavy atom. The summed E-state index contributed by atoms with van der Waals surface area (Å²) in [5.74, 6) is -4.56. The van der Waals surface area contributed by atoms with Crippen LogP contribution in [0.4, 0.5) is 0 Å². The van der Waals surface area contributed by atoms with Crippen LogP contribution in [0.5, 0.6) is 0 Å². The molecule has 0 unspecified atom stereocenters. The summed E-state index contributed by atoms with van der Waals surface area (Å²) in [6, 6.07) is 0. The van der Waals surface area contributed by atoms with E-state index in [1.807, 2.05) is 6.92 Å². The lowest BCUT2D eigenvalue weighted by molar-refractivity contribution is -0.332. The first kappa shape index (κ1) is 17.8. The van der Waals surface area contributed by atoms with Gasteiger partial charge in [-0.15, -0.1) is 0 Å². The van der Waals surface area contributed by atoms with Crippen molar-refractivity contribution in [1.82, 2.24) is 12.3 Å². The zero-order valence-corrected chi connectivity index (χ0v) is 8.33. The minimum atomic E-state index is -1.56. The quantitative estimate of drug-likeness (QED) is 0.541. The molecule has 0 atom stereocenters. The van der Waals surface area contributed by atoms with Gasteiger partial charge < -0.3 is 32.1 Å². The summed E-state index contributed by atoms with van der Waals surface area (Å²) in [5, 5.41) is 20.2. The number of unbranched alkanes of at least 4 members (excludes halogenated alkanes) is 1. The number of rotatable bonds is 5. The Bertz CT molecular complexity index is 147. The number of hydrogen-bond acceptors (Lipinski definition) is 4. The van der Waals surface area contributed by atoms with Crippen LogP contribution >= 0.6 is 0 Å². The number of hydrogen-bond donors (Lipinski definition) is 2. The minimum absolute atomic E-state index is 0.